The molecule has 1 aliphatic heterocycles. The van der Waals surface area contributed by atoms with Crippen molar-refractivity contribution in [1.82, 2.24) is 9.47 Å². The normalized spacial score (nSPS) is 21.1. The number of nitrogens with two attached hydrogens (primary N) is 1. The van der Waals surface area contributed by atoms with Crippen LogP contribution in [0.25, 0.3) is 0 Å². The molecule has 1 aromatic rings. The van der Waals surface area contributed by atoms with E-state index < -0.39 is 0 Å². The standard InChI is InChI=1S/C14H23N3O/c1-12-5-2-3-8-16(12)9-4-10-17-11-13(15)6-7-14(17)18/h6-7,11-12H,2-5,8-10,15H2,1H3. The molecule has 0 aliphatic carbocycles. The lowest BCUT2D eigenvalue weighted by Gasteiger charge is -2.33. The average Bonchev–Trinajstić information content (AvgIpc) is 2.36. The molecule has 1 aliphatic rings. The molecular weight excluding hydrogens is 226 g/mol. The van der Waals surface area contributed by atoms with E-state index in [0.717, 1.165) is 19.5 Å². The Kier molecular flexibility index (Phi) is 4.42. The Morgan fingerprint density at radius 2 is 2.17 bits per heavy atom. The predicted octanol–water partition coefficient (Wildman–Crippen LogP) is 1.70. The largest absolute Gasteiger partial charge is 0.398 e. The Morgan fingerprint density at radius 3 is 2.94 bits per heavy atom. The Hall–Kier alpha value is -1.29. The molecule has 0 spiro atoms. The van der Waals surface area contributed by atoms with Crippen LogP contribution < -0.4 is 11.3 Å². The molecule has 18 heavy (non-hydrogen) atoms. The first-order valence-electron chi connectivity index (χ1n) is 6.87. The van der Waals surface area contributed by atoms with Crippen molar-refractivity contribution in [2.45, 2.75) is 45.2 Å². The molecule has 1 aromatic heterocycles. The molecule has 0 amide bonds. The first-order chi connectivity index (χ1) is 8.66. The van der Waals surface area contributed by atoms with Gasteiger partial charge >= 0.3 is 0 Å². The molecule has 0 saturated carbocycles. The summed E-state index contributed by atoms with van der Waals surface area (Å²) < 4.78 is 1.71. The third-order valence-corrected chi connectivity index (χ3v) is 3.79. The molecule has 4 heteroatoms. The van der Waals surface area contributed by atoms with Crippen molar-refractivity contribution in [3.63, 3.8) is 0 Å². The van der Waals surface area contributed by atoms with Crippen molar-refractivity contribution in [3.05, 3.63) is 28.7 Å². The van der Waals surface area contributed by atoms with Crippen LogP contribution in [0.4, 0.5) is 5.69 Å². The third-order valence-electron chi connectivity index (χ3n) is 3.79. The second-order valence-corrected chi connectivity index (χ2v) is 5.23. The van der Waals surface area contributed by atoms with E-state index >= 15 is 0 Å². The zero-order valence-corrected chi connectivity index (χ0v) is 11.1. The second kappa shape index (κ2) is 6.05. The van der Waals surface area contributed by atoms with Gasteiger partial charge in [0.15, 0.2) is 0 Å². The number of nitrogen functional groups attached to an aromatic ring is 1. The average molecular weight is 249 g/mol. The maximum atomic E-state index is 11.6. The van der Waals surface area contributed by atoms with E-state index in [9.17, 15) is 4.79 Å². The number of hydrogen-bond donors (Lipinski definition) is 1. The number of aromatic nitrogens is 1. The van der Waals surface area contributed by atoms with Crippen LogP contribution in [0.1, 0.15) is 32.6 Å². The summed E-state index contributed by atoms with van der Waals surface area (Å²) in [5.41, 5.74) is 6.39. The molecule has 2 rings (SSSR count). The smallest absolute Gasteiger partial charge is 0.250 e. The van der Waals surface area contributed by atoms with Crippen LogP contribution in [0.2, 0.25) is 0 Å². The summed E-state index contributed by atoms with van der Waals surface area (Å²) in [7, 11) is 0. The summed E-state index contributed by atoms with van der Waals surface area (Å²) >= 11 is 0. The van der Waals surface area contributed by atoms with Gasteiger partial charge in [0, 0.05) is 37.1 Å². The van der Waals surface area contributed by atoms with Crippen LogP contribution >= 0.6 is 0 Å². The van der Waals surface area contributed by atoms with Gasteiger partial charge in [-0.25, -0.2) is 0 Å². The molecule has 0 bridgehead atoms. The summed E-state index contributed by atoms with van der Waals surface area (Å²) in [6.45, 7) is 5.33. The van der Waals surface area contributed by atoms with Crippen molar-refractivity contribution in [2.75, 3.05) is 18.8 Å². The van der Waals surface area contributed by atoms with Gasteiger partial charge < -0.3 is 15.2 Å². The highest BCUT2D eigenvalue weighted by atomic mass is 16.1. The lowest BCUT2D eigenvalue weighted by Crippen LogP contribution is -2.38. The number of anilines is 1. The summed E-state index contributed by atoms with van der Waals surface area (Å²) in [6.07, 6.45) is 6.71. The van der Waals surface area contributed by atoms with E-state index in [2.05, 4.69) is 11.8 Å². The molecule has 1 unspecified atom stereocenters. The Bertz CT molecular complexity index is 441. The number of pyridine rings is 1. The highest BCUT2D eigenvalue weighted by Gasteiger charge is 2.17. The van der Waals surface area contributed by atoms with E-state index in [4.69, 9.17) is 5.73 Å². The number of rotatable bonds is 4. The Balaban J connectivity index is 1.84. The number of likely N-dealkylation sites (tertiary alicyclic amines) is 1. The lowest BCUT2D eigenvalue weighted by molar-refractivity contribution is 0.156. The van der Waals surface area contributed by atoms with Crippen LogP contribution in [0.5, 0.6) is 0 Å². The SMILES string of the molecule is CC1CCCCN1CCCn1cc(N)ccc1=O. The summed E-state index contributed by atoms with van der Waals surface area (Å²) in [6, 6.07) is 3.89. The van der Waals surface area contributed by atoms with Gasteiger partial charge in [-0.05, 0) is 38.8 Å². The summed E-state index contributed by atoms with van der Waals surface area (Å²) in [5.74, 6) is 0. The van der Waals surface area contributed by atoms with Crippen LogP contribution in [0.15, 0.2) is 23.1 Å². The molecule has 1 saturated heterocycles. The van der Waals surface area contributed by atoms with Gasteiger partial charge in [0.25, 0.3) is 5.56 Å². The van der Waals surface area contributed by atoms with Crippen LogP contribution in [-0.4, -0.2) is 28.6 Å². The minimum atomic E-state index is 0.0379. The molecule has 4 nitrogen and oxygen atoms in total. The van der Waals surface area contributed by atoms with Crippen molar-refractivity contribution >= 4 is 5.69 Å². The molecule has 100 valence electrons. The minimum Gasteiger partial charge on any atom is -0.398 e. The van der Waals surface area contributed by atoms with Crippen molar-refractivity contribution in [1.29, 1.82) is 0 Å². The van der Waals surface area contributed by atoms with Gasteiger partial charge in [-0.1, -0.05) is 6.42 Å². The molecule has 1 atom stereocenters. The zero-order chi connectivity index (χ0) is 13.0. The van der Waals surface area contributed by atoms with E-state index in [0.29, 0.717) is 11.7 Å². The highest BCUT2D eigenvalue weighted by Crippen LogP contribution is 2.16. The molecule has 2 heterocycles. The fraction of sp³-hybridized carbons (Fsp3) is 0.643. The zero-order valence-electron chi connectivity index (χ0n) is 11.1. The van der Waals surface area contributed by atoms with Gasteiger partial charge in [-0.15, -0.1) is 0 Å². The van der Waals surface area contributed by atoms with Gasteiger partial charge in [-0.3, -0.25) is 4.79 Å². The minimum absolute atomic E-state index is 0.0379. The molecular formula is C14H23N3O. The van der Waals surface area contributed by atoms with Gasteiger partial charge in [0.05, 0.1) is 0 Å². The third kappa shape index (κ3) is 3.35. The van der Waals surface area contributed by atoms with E-state index in [1.165, 1.54) is 25.8 Å². The monoisotopic (exact) mass is 249 g/mol. The first-order valence-corrected chi connectivity index (χ1v) is 6.87. The van der Waals surface area contributed by atoms with Crippen molar-refractivity contribution in [3.8, 4) is 0 Å². The summed E-state index contributed by atoms with van der Waals surface area (Å²) in [4.78, 5) is 14.1. The number of nitrogens with zero attached hydrogens (tertiary/aromatic N) is 2. The van der Waals surface area contributed by atoms with Crippen LogP contribution in [-0.2, 0) is 6.54 Å². The van der Waals surface area contributed by atoms with Gasteiger partial charge in [-0.2, -0.15) is 0 Å². The van der Waals surface area contributed by atoms with Gasteiger partial charge in [0.2, 0.25) is 0 Å². The molecule has 0 radical (unpaired) electrons. The number of aryl methyl sites for hydroxylation is 1. The van der Waals surface area contributed by atoms with Crippen molar-refractivity contribution in [2.24, 2.45) is 0 Å². The second-order valence-electron chi connectivity index (χ2n) is 5.23. The van der Waals surface area contributed by atoms with E-state index in [1.54, 1.807) is 22.9 Å². The van der Waals surface area contributed by atoms with E-state index in [-0.39, 0.29) is 5.56 Å². The first kappa shape index (κ1) is 13.1. The quantitative estimate of drug-likeness (QED) is 0.883. The maximum Gasteiger partial charge on any atom is 0.250 e. The lowest BCUT2D eigenvalue weighted by atomic mass is 10.0. The van der Waals surface area contributed by atoms with Crippen LogP contribution in [0, 0.1) is 0 Å². The van der Waals surface area contributed by atoms with Crippen molar-refractivity contribution < 1.29 is 0 Å². The maximum absolute atomic E-state index is 11.6. The number of hydrogen-bond acceptors (Lipinski definition) is 3. The summed E-state index contributed by atoms with van der Waals surface area (Å²) in [5, 5.41) is 0. The van der Waals surface area contributed by atoms with E-state index in [1.807, 2.05) is 0 Å². The Morgan fingerprint density at radius 1 is 1.33 bits per heavy atom. The molecule has 0 aromatic carbocycles. The Labute approximate surface area is 108 Å². The molecule has 1 fully saturated rings. The fourth-order valence-corrected chi connectivity index (χ4v) is 2.66. The van der Waals surface area contributed by atoms with Crippen LogP contribution in [0.3, 0.4) is 0 Å². The predicted molar refractivity (Wildman–Crippen MR) is 74.6 cm³/mol. The highest BCUT2D eigenvalue weighted by molar-refractivity contribution is 5.33. The fourth-order valence-electron chi connectivity index (χ4n) is 2.66. The van der Waals surface area contributed by atoms with Gasteiger partial charge in [0.1, 0.15) is 0 Å². The number of piperidine rings is 1. The molecule has 2 N–H and O–H groups in total. The topological polar surface area (TPSA) is 51.3 Å².